The second-order valence-electron chi connectivity index (χ2n) is 2.35. The van der Waals surface area contributed by atoms with Crippen molar-refractivity contribution in [3.8, 4) is 0 Å². The summed E-state index contributed by atoms with van der Waals surface area (Å²) in [5, 5.41) is 0. The molecule has 0 rings (SSSR count). The molecule has 0 saturated heterocycles. The highest BCUT2D eigenvalue weighted by Gasteiger charge is 2.01. The molecule has 0 heterocycles. The van der Waals surface area contributed by atoms with Crippen molar-refractivity contribution >= 4 is 14.6 Å². The maximum absolute atomic E-state index is 10.8. The normalized spacial score (nSPS) is 10.5. The Morgan fingerprint density at radius 2 is 2.25 bits per heavy atom. The largest absolute Gasteiger partial charge is 0.462 e. The van der Waals surface area contributed by atoms with E-state index in [9.17, 15) is 4.79 Å². The molecule has 0 bridgehead atoms. The lowest BCUT2D eigenvalue weighted by Gasteiger charge is -2.03. The van der Waals surface area contributed by atoms with Crippen LogP contribution in [0.5, 0.6) is 0 Å². The minimum absolute atomic E-state index is 0.308. The Bertz CT molecular complexity index is 156. The zero-order valence-corrected chi connectivity index (χ0v) is 8.55. The second-order valence-corrected chi connectivity index (χ2v) is 3.64. The third-order valence-electron chi connectivity index (χ3n) is 1.11. The number of esters is 1. The Labute approximate surface area is 74.9 Å². The first-order chi connectivity index (χ1) is 5.68. The van der Waals surface area contributed by atoms with E-state index in [-0.39, 0.29) is 5.97 Å². The number of carbonyl (C=O) groups excluding carboxylic acids is 1. The topological polar surface area (TPSA) is 35.5 Å². The van der Waals surface area contributed by atoms with Crippen molar-refractivity contribution in [3.05, 3.63) is 12.2 Å². The molecule has 0 saturated carbocycles. The van der Waals surface area contributed by atoms with Gasteiger partial charge in [-0.1, -0.05) is 15.2 Å². The second kappa shape index (κ2) is 7.26. The third kappa shape index (κ3) is 6.32. The Kier molecular flexibility index (Phi) is 7.02. The maximum atomic E-state index is 10.8. The van der Waals surface area contributed by atoms with E-state index in [4.69, 9.17) is 9.47 Å². The third-order valence-corrected chi connectivity index (χ3v) is 2.16. The van der Waals surface area contributed by atoms with Crippen LogP contribution in [-0.4, -0.2) is 32.2 Å². The van der Waals surface area contributed by atoms with Crippen molar-refractivity contribution in [1.82, 2.24) is 0 Å². The molecule has 1 unspecified atom stereocenters. The van der Waals surface area contributed by atoms with Gasteiger partial charge in [0.2, 0.25) is 0 Å². The standard InChI is InChI=1S/C8H15O3P/c1-7(2)8(9)11-4-5-12-6-10-3/h12H,1,4-6H2,2-3H3. The summed E-state index contributed by atoms with van der Waals surface area (Å²) in [7, 11) is 2.36. The van der Waals surface area contributed by atoms with Crippen molar-refractivity contribution in [2.45, 2.75) is 6.92 Å². The molecule has 0 aliphatic rings. The van der Waals surface area contributed by atoms with Crippen LogP contribution in [-0.2, 0) is 14.3 Å². The highest BCUT2D eigenvalue weighted by atomic mass is 31.1. The molecule has 4 heteroatoms. The van der Waals surface area contributed by atoms with Crippen LogP contribution in [0.1, 0.15) is 6.92 Å². The molecule has 1 atom stereocenters. The van der Waals surface area contributed by atoms with Crippen LogP contribution in [0, 0.1) is 0 Å². The van der Waals surface area contributed by atoms with Crippen molar-refractivity contribution in [2.24, 2.45) is 0 Å². The van der Waals surface area contributed by atoms with Gasteiger partial charge >= 0.3 is 5.97 Å². The van der Waals surface area contributed by atoms with Crippen molar-refractivity contribution in [2.75, 3.05) is 26.2 Å². The van der Waals surface area contributed by atoms with Crippen LogP contribution in [0.15, 0.2) is 12.2 Å². The Hall–Kier alpha value is -0.400. The van der Waals surface area contributed by atoms with E-state index < -0.39 is 0 Å². The monoisotopic (exact) mass is 190 g/mol. The van der Waals surface area contributed by atoms with Gasteiger partial charge in [-0.2, -0.15) is 0 Å². The molecule has 3 nitrogen and oxygen atoms in total. The summed E-state index contributed by atoms with van der Waals surface area (Å²) in [6, 6.07) is 0. The number of ether oxygens (including phenoxy) is 2. The van der Waals surface area contributed by atoms with Crippen molar-refractivity contribution in [3.63, 3.8) is 0 Å². The highest BCUT2D eigenvalue weighted by molar-refractivity contribution is 7.37. The van der Waals surface area contributed by atoms with Crippen LogP contribution in [0.25, 0.3) is 0 Å². The fourth-order valence-electron chi connectivity index (χ4n) is 0.513. The van der Waals surface area contributed by atoms with Gasteiger partial charge in [0.15, 0.2) is 0 Å². The molecule has 0 aliphatic heterocycles. The van der Waals surface area contributed by atoms with Crippen molar-refractivity contribution < 1.29 is 14.3 Å². The molecule has 0 aromatic rings. The Morgan fingerprint density at radius 3 is 2.75 bits per heavy atom. The number of methoxy groups -OCH3 is 1. The van der Waals surface area contributed by atoms with Gasteiger partial charge in [0.05, 0.1) is 13.0 Å². The molecule has 0 N–H and O–H groups in total. The number of carbonyl (C=O) groups is 1. The van der Waals surface area contributed by atoms with E-state index in [1.54, 1.807) is 14.0 Å². The molecule has 0 aliphatic carbocycles. The van der Waals surface area contributed by atoms with Gasteiger partial charge < -0.3 is 9.47 Å². The predicted octanol–water partition coefficient (Wildman–Crippen LogP) is 1.39. The first-order valence-electron chi connectivity index (χ1n) is 3.70. The van der Waals surface area contributed by atoms with Crippen LogP contribution in [0.2, 0.25) is 0 Å². The van der Waals surface area contributed by atoms with Crippen LogP contribution >= 0.6 is 8.58 Å². The molecular weight excluding hydrogens is 175 g/mol. The Balaban J connectivity index is 3.20. The molecule has 0 aromatic heterocycles. The fourth-order valence-corrected chi connectivity index (χ4v) is 1.11. The molecule has 0 amide bonds. The lowest BCUT2D eigenvalue weighted by atomic mass is 10.4. The Morgan fingerprint density at radius 1 is 1.58 bits per heavy atom. The van der Waals surface area contributed by atoms with Gasteiger partial charge in [-0.25, -0.2) is 4.79 Å². The lowest BCUT2D eigenvalue weighted by Crippen LogP contribution is -2.07. The van der Waals surface area contributed by atoms with Crippen molar-refractivity contribution in [1.29, 1.82) is 0 Å². The van der Waals surface area contributed by atoms with Crippen LogP contribution in [0.3, 0.4) is 0 Å². The molecule has 0 aromatic carbocycles. The first-order valence-corrected chi connectivity index (χ1v) is 5.12. The molecule has 70 valence electrons. The lowest BCUT2D eigenvalue weighted by molar-refractivity contribution is -0.138. The summed E-state index contributed by atoms with van der Waals surface area (Å²) < 4.78 is 9.71. The van der Waals surface area contributed by atoms with E-state index >= 15 is 0 Å². The van der Waals surface area contributed by atoms with Gasteiger partial charge in [-0.15, -0.1) is 0 Å². The SMILES string of the molecule is C=C(C)C(=O)OCCPCOC. The smallest absolute Gasteiger partial charge is 0.333 e. The zero-order chi connectivity index (χ0) is 9.40. The van der Waals surface area contributed by atoms with E-state index in [1.165, 1.54) is 0 Å². The summed E-state index contributed by atoms with van der Waals surface area (Å²) in [5.41, 5.74) is 0.449. The summed E-state index contributed by atoms with van der Waals surface area (Å²) in [4.78, 5) is 10.8. The average molecular weight is 190 g/mol. The minimum atomic E-state index is -0.308. The van der Waals surface area contributed by atoms with E-state index in [0.717, 1.165) is 12.5 Å². The zero-order valence-electron chi connectivity index (χ0n) is 7.55. The molecule has 0 fully saturated rings. The average Bonchev–Trinajstić information content (AvgIpc) is 2.03. The summed E-state index contributed by atoms with van der Waals surface area (Å²) in [5.74, 6) is -0.308. The summed E-state index contributed by atoms with van der Waals surface area (Å²) in [6.45, 7) is 5.58. The highest BCUT2D eigenvalue weighted by Crippen LogP contribution is 2.08. The molecule has 12 heavy (non-hydrogen) atoms. The molecular formula is C8H15O3P. The van der Waals surface area contributed by atoms with Gasteiger partial charge in [-0.05, 0) is 6.92 Å². The number of rotatable bonds is 6. The quantitative estimate of drug-likeness (QED) is 0.275. The van der Waals surface area contributed by atoms with Gasteiger partial charge in [0.1, 0.15) is 0 Å². The summed E-state index contributed by atoms with van der Waals surface area (Å²) >= 11 is 0. The van der Waals surface area contributed by atoms with Crippen LogP contribution < -0.4 is 0 Å². The van der Waals surface area contributed by atoms with Gasteiger partial charge in [0, 0.05) is 18.8 Å². The minimum Gasteiger partial charge on any atom is -0.462 e. The number of hydrogen-bond donors (Lipinski definition) is 0. The summed E-state index contributed by atoms with van der Waals surface area (Å²) in [6.07, 6.45) is 1.61. The fraction of sp³-hybridized carbons (Fsp3) is 0.625. The number of hydrogen-bond acceptors (Lipinski definition) is 3. The van der Waals surface area contributed by atoms with Crippen LogP contribution in [0.4, 0.5) is 0 Å². The molecule has 0 spiro atoms. The van der Waals surface area contributed by atoms with E-state index in [2.05, 4.69) is 6.58 Å². The van der Waals surface area contributed by atoms with E-state index in [0.29, 0.717) is 20.8 Å². The molecule has 0 radical (unpaired) electrons. The van der Waals surface area contributed by atoms with E-state index in [1.807, 2.05) is 0 Å². The van der Waals surface area contributed by atoms with Gasteiger partial charge in [-0.3, -0.25) is 0 Å². The first kappa shape index (κ1) is 11.6. The van der Waals surface area contributed by atoms with Gasteiger partial charge in [0.25, 0.3) is 0 Å². The predicted molar refractivity (Wildman–Crippen MR) is 50.8 cm³/mol. The maximum Gasteiger partial charge on any atom is 0.333 e.